The quantitative estimate of drug-likeness (QED) is 0.789. The number of carbonyl (C=O) groups is 1. The highest BCUT2D eigenvalue weighted by atomic mass is 16.4. The number of piperidine rings is 1. The summed E-state index contributed by atoms with van der Waals surface area (Å²) in [4.78, 5) is 18.8. The Kier molecular flexibility index (Phi) is 4.13. The van der Waals surface area contributed by atoms with Crippen molar-refractivity contribution in [3.63, 3.8) is 0 Å². The van der Waals surface area contributed by atoms with Crippen molar-refractivity contribution in [2.75, 3.05) is 24.5 Å². The van der Waals surface area contributed by atoms with Crippen molar-refractivity contribution in [2.24, 2.45) is 13.0 Å². The zero-order valence-corrected chi connectivity index (χ0v) is 14.2. The van der Waals surface area contributed by atoms with Crippen LogP contribution in [0.2, 0.25) is 0 Å². The first-order valence-corrected chi connectivity index (χ1v) is 8.56. The third-order valence-electron chi connectivity index (χ3n) is 4.69. The van der Waals surface area contributed by atoms with Gasteiger partial charge in [0.15, 0.2) is 5.58 Å². The van der Waals surface area contributed by atoms with Crippen LogP contribution in [0.25, 0.3) is 11.1 Å². The lowest BCUT2D eigenvalue weighted by Crippen LogP contribution is -2.38. The minimum atomic E-state index is -0.0607. The predicted molar refractivity (Wildman–Crippen MR) is 94.5 cm³/mol. The van der Waals surface area contributed by atoms with Crippen molar-refractivity contribution in [1.29, 1.82) is 0 Å². The van der Waals surface area contributed by atoms with Crippen LogP contribution in [0.4, 0.5) is 6.01 Å². The van der Waals surface area contributed by atoms with Gasteiger partial charge in [0.05, 0.1) is 11.8 Å². The number of amides is 1. The molecule has 1 saturated heterocycles. The summed E-state index contributed by atoms with van der Waals surface area (Å²) in [5, 5.41) is 7.03. The lowest BCUT2D eigenvalue weighted by atomic mass is 9.97. The fourth-order valence-electron chi connectivity index (χ4n) is 3.20. The third kappa shape index (κ3) is 3.35. The molecule has 3 aromatic rings. The number of nitrogens with one attached hydrogen (secondary N) is 1. The number of aryl methyl sites for hydroxylation is 1. The molecule has 1 aliphatic rings. The van der Waals surface area contributed by atoms with Gasteiger partial charge in [-0.1, -0.05) is 12.1 Å². The van der Waals surface area contributed by atoms with Crippen molar-refractivity contribution in [3.8, 4) is 0 Å². The first-order valence-electron chi connectivity index (χ1n) is 8.56. The van der Waals surface area contributed by atoms with E-state index in [4.69, 9.17) is 4.42 Å². The molecule has 1 fully saturated rings. The molecule has 1 aromatic carbocycles. The molecule has 0 bridgehead atoms. The van der Waals surface area contributed by atoms with Gasteiger partial charge >= 0.3 is 0 Å². The molecular weight excluding hydrogens is 318 g/mol. The minimum Gasteiger partial charge on any atom is -0.423 e. The second kappa shape index (κ2) is 6.58. The summed E-state index contributed by atoms with van der Waals surface area (Å²) in [6, 6.07) is 8.51. The van der Waals surface area contributed by atoms with E-state index in [0.29, 0.717) is 24.0 Å². The van der Waals surface area contributed by atoms with Crippen molar-refractivity contribution >= 4 is 23.0 Å². The van der Waals surface area contributed by atoms with E-state index in [2.05, 4.69) is 20.3 Å². The lowest BCUT2D eigenvalue weighted by Gasteiger charge is -2.30. The largest absolute Gasteiger partial charge is 0.423 e. The average molecular weight is 339 g/mol. The third-order valence-corrected chi connectivity index (χ3v) is 4.69. The maximum absolute atomic E-state index is 12.1. The molecule has 2 aromatic heterocycles. The Labute approximate surface area is 145 Å². The van der Waals surface area contributed by atoms with E-state index in [1.165, 1.54) is 0 Å². The molecule has 0 unspecified atom stereocenters. The van der Waals surface area contributed by atoms with Gasteiger partial charge in [0.1, 0.15) is 5.52 Å². The van der Waals surface area contributed by atoms with E-state index in [-0.39, 0.29) is 5.91 Å². The molecule has 0 radical (unpaired) electrons. The zero-order valence-electron chi connectivity index (χ0n) is 14.2. The Balaban J connectivity index is 1.30. The van der Waals surface area contributed by atoms with Crippen LogP contribution in [-0.4, -0.2) is 40.3 Å². The fraction of sp³-hybridized carbons (Fsp3) is 0.389. The zero-order chi connectivity index (χ0) is 17.2. The number of anilines is 1. The van der Waals surface area contributed by atoms with Gasteiger partial charge in [0, 0.05) is 32.9 Å². The van der Waals surface area contributed by atoms with Gasteiger partial charge in [-0.3, -0.25) is 9.48 Å². The molecule has 25 heavy (non-hydrogen) atoms. The maximum Gasteiger partial charge on any atom is 0.298 e. The summed E-state index contributed by atoms with van der Waals surface area (Å²) < 4.78 is 7.47. The van der Waals surface area contributed by atoms with Crippen LogP contribution in [0.15, 0.2) is 41.1 Å². The highest BCUT2D eigenvalue weighted by molar-refractivity contribution is 5.93. The van der Waals surface area contributed by atoms with Crippen LogP contribution in [0.1, 0.15) is 23.2 Å². The van der Waals surface area contributed by atoms with Gasteiger partial charge in [-0.25, -0.2) is 0 Å². The number of para-hydroxylation sites is 2. The summed E-state index contributed by atoms with van der Waals surface area (Å²) in [7, 11) is 1.80. The summed E-state index contributed by atoms with van der Waals surface area (Å²) in [6.07, 6.45) is 5.33. The average Bonchev–Trinajstić information content (AvgIpc) is 3.26. The van der Waals surface area contributed by atoms with Crippen molar-refractivity contribution in [1.82, 2.24) is 20.1 Å². The van der Waals surface area contributed by atoms with Crippen molar-refractivity contribution in [3.05, 3.63) is 42.2 Å². The van der Waals surface area contributed by atoms with Gasteiger partial charge in [-0.2, -0.15) is 10.1 Å². The SMILES string of the molecule is Cn1cc(C(=O)NCC2CCN(c3nc4ccccc4o3)CC2)cn1. The number of rotatable bonds is 4. The second-order valence-electron chi connectivity index (χ2n) is 6.51. The Morgan fingerprint density at radius 2 is 2.12 bits per heavy atom. The Morgan fingerprint density at radius 1 is 1.32 bits per heavy atom. The molecule has 0 aliphatic carbocycles. The number of fused-ring (bicyclic) bond motifs is 1. The van der Waals surface area contributed by atoms with Gasteiger partial charge in [-0.05, 0) is 30.9 Å². The molecule has 7 heteroatoms. The number of hydrogen-bond donors (Lipinski definition) is 1. The molecule has 3 heterocycles. The van der Waals surface area contributed by atoms with Crippen LogP contribution < -0.4 is 10.2 Å². The van der Waals surface area contributed by atoms with E-state index >= 15 is 0 Å². The monoisotopic (exact) mass is 339 g/mol. The number of hydrogen-bond acceptors (Lipinski definition) is 5. The number of nitrogens with zero attached hydrogens (tertiary/aromatic N) is 4. The molecule has 0 atom stereocenters. The van der Waals surface area contributed by atoms with Crippen LogP contribution in [0.3, 0.4) is 0 Å². The summed E-state index contributed by atoms with van der Waals surface area (Å²) >= 11 is 0. The fourth-order valence-corrected chi connectivity index (χ4v) is 3.20. The van der Waals surface area contributed by atoms with E-state index < -0.39 is 0 Å². The molecular formula is C18H21N5O2. The number of benzene rings is 1. The summed E-state index contributed by atoms with van der Waals surface area (Å²) in [6.45, 7) is 2.47. The minimum absolute atomic E-state index is 0.0607. The van der Waals surface area contributed by atoms with E-state index in [1.54, 1.807) is 24.1 Å². The lowest BCUT2D eigenvalue weighted by molar-refractivity contribution is 0.0944. The maximum atomic E-state index is 12.1. The van der Waals surface area contributed by atoms with Crippen LogP contribution in [0, 0.1) is 5.92 Å². The standard InChI is InChI=1S/C18H21N5O2/c1-22-12-14(11-20-22)17(24)19-10-13-6-8-23(9-7-13)18-21-15-4-2-3-5-16(15)25-18/h2-5,11-13H,6-10H2,1H3,(H,19,24). The van der Waals surface area contributed by atoms with E-state index in [1.807, 2.05) is 24.3 Å². The highest BCUT2D eigenvalue weighted by Gasteiger charge is 2.23. The normalized spacial score (nSPS) is 15.6. The van der Waals surface area contributed by atoms with E-state index in [0.717, 1.165) is 37.0 Å². The molecule has 1 amide bonds. The first-order chi connectivity index (χ1) is 12.2. The molecule has 7 nitrogen and oxygen atoms in total. The van der Waals surface area contributed by atoms with Crippen LogP contribution >= 0.6 is 0 Å². The van der Waals surface area contributed by atoms with Gasteiger partial charge in [-0.15, -0.1) is 0 Å². The smallest absolute Gasteiger partial charge is 0.298 e. The van der Waals surface area contributed by atoms with E-state index in [9.17, 15) is 4.79 Å². The predicted octanol–water partition coefficient (Wildman–Crippen LogP) is 2.21. The number of carbonyl (C=O) groups excluding carboxylic acids is 1. The molecule has 0 spiro atoms. The second-order valence-corrected chi connectivity index (χ2v) is 6.51. The van der Waals surface area contributed by atoms with Crippen molar-refractivity contribution < 1.29 is 9.21 Å². The number of aromatic nitrogens is 3. The molecule has 130 valence electrons. The van der Waals surface area contributed by atoms with Crippen LogP contribution in [0.5, 0.6) is 0 Å². The topological polar surface area (TPSA) is 76.2 Å². The summed E-state index contributed by atoms with van der Waals surface area (Å²) in [5.41, 5.74) is 2.32. The first kappa shape index (κ1) is 15.7. The highest BCUT2D eigenvalue weighted by Crippen LogP contribution is 2.26. The van der Waals surface area contributed by atoms with Gasteiger partial charge < -0.3 is 14.6 Å². The molecule has 1 aliphatic heterocycles. The van der Waals surface area contributed by atoms with Gasteiger partial charge in [0.2, 0.25) is 0 Å². The Morgan fingerprint density at radius 3 is 2.84 bits per heavy atom. The summed E-state index contributed by atoms with van der Waals surface area (Å²) in [5.74, 6) is 0.413. The molecule has 1 N–H and O–H groups in total. The van der Waals surface area contributed by atoms with Crippen LogP contribution in [-0.2, 0) is 7.05 Å². The molecule has 4 rings (SSSR count). The Hall–Kier alpha value is -2.83. The number of oxazole rings is 1. The van der Waals surface area contributed by atoms with Crippen molar-refractivity contribution in [2.45, 2.75) is 12.8 Å². The van der Waals surface area contributed by atoms with Gasteiger partial charge in [0.25, 0.3) is 11.9 Å². The molecule has 0 saturated carbocycles. The Bertz CT molecular complexity index is 843.